The van der Waals surface area contributed by atoms with Crippen LogP contribution in [0.5, 0.6) is 0 Å². The summed E-state index contributed by atoms with van der Waals surface area (Å²) in [6.07, 6.45) is 5.16. The van der Waals surface area contributed by atoms with Crippen LogP contribution in [0.3, 0.4) is 0 Å². The molecule has 1 aromatic heterocycles. The van der Waals surface area contributed by atoms with E-state index < -0.39 is 6.10 Å². The summed E-state index contributed by atoms with van der Waals surface area (Å²) in [4.78, 5) is 0. The molecule has 3 atom stereocenters. The number of ether oxygens (including phenoxy) is 1. The molecule has 6 nitrogen and oxygen atoms in total. The lowest BCUT2D eigenvalue weighted by Crippen LogP contribution is -2.33. The number of benzene rings is 1. The van der Waals surface area contributed by atoms with Crippen molar-refractivity contribution in [2.24, 2.45) is 11.5 Å². The Balaban J connectivity index is 1.74. The predicted octanol–water partition coefficient (Wildman–Crippen LogP) is 2.89. The van der Waals surface area contributed by atoms with Crippen LogP contribution < -0.4 is 11.5 Å². The van der Waals surface area contributed by atoms with E-state index in [0.29, 0.717) is 41.4 Å². The Kier molecular flexibility index (Phi) is 6.80. The largest absolute Gasteiger partial charge is 0.463 e. The van der Waals surface area contributed by atoms with Crippen LogP contribution in [0.15, 0.2) is 58.9 Å². The molecule has 1 saturated heterocycles. The predicted molar refractivity (Wildman–Crippen MR) is 108 cm³/mol. The lowest BCUT2D eigenvalue weighted by Gasteiger charge is -2.32. The highest BCUT2D eigenvalue weighted by atomic mass is 35.5. The monoisotopic (exact) mass is 404 g/mol. The van der Waals surface area contributed by atoms with Crippen molar-refractivity contribution in [3.8, 4) is 0 Å². The van der Waals surface area contributed by atoms with Crippen molar-refractivity contribution in [3.05, 3.63) is 76.4 Å². The van der Waals surface area contributed by atoms with E-state index in [0.717, 1.165) is 11.1 Å². The van der Waals surface area contributed by atoms with Crippen LogP contribution in [-0.4, -0.2) is 29.0 Å². The molecule has 3 rings (SSSR count). The molecule has 0 bridgehead atoms. The Morgan fingerprint density at radius 1 is 1.21 bits per heavy atom. The fourth-order valence-corrected chi connectivity index (χ4v) is 3.44. The van der Waals surface area contributed by atoms with Gasteiger partial charge in [0.15, 0.2) is 0 Å². The van der Waals surface area contributed by atoms with Gasteiger partial charge in [0.1, 0.15) is 5.76 Å². The molecular weight excluding hydrogens is 380 g/mol. The molecule has 0 spiro atoms. The third kappa shape index (κ3) is 5.17. The van der Waals surface area contributed by atoms with Gasteiger partial charge in [-0.15, -0.1) is 0 Å². The van der Waals surface area contributed by atoms with Crippen molar-refractivity contribution < 1.29 is 19.4 Å². The average Bonchev–Trinajstić information content (AvgIpc) is 3.22. The van der Waals surface area contributed by atoms with Crippen molar-refractivity contribution in [1.29, 1.82) is 0 Å². The van der Waals surface area contributed by atoms with Gasteiger partial charge in [0.05, 0.1) is 36.9 Å². The number of halogens is 1. The highest BCUT2D eigenvalue weighted by Gasteiger charge is 2.29. The molecule has 7 heteroatoms. The second kappa shape index (κ2) is 9.30. The smallest absolute Gasteiger partial charge is 0.149 e. The van der Waals surface area contributed by atoms with Crippen molar-refractivity contribution in [3.63, 3.8) is 0 Å². The first-order chi connectivity index (χ1) is 13.5. The fraction of sp³-hybridized carbons (Fsp3) is 0.333. The summed E-state index contributed by atoms with van der Waals surface area (Å²) in [6, 6.07) is 9.14. The maximum absolute atomic E-state index is 10.0. The van der Waals surface area contributed by atoms with Gasteiger partial charge in [-0.25, -0.2) is 0 Å². The van der Waals surface area contributed by atoms with Gasteiger partial charge in [0.25, 0.3) is 0 Å². The van der Waals surface area contributed by atoms with Crippen LogP contribution in [0, 0.1) is 0 Å². The molecule has 1 aliphatic rings. The lowest BCUT2D eigenvalue weighted by atomic mass is 9.94. The Morgan fingerprint density at radius 2 is 2.04 bits per heavy atom. The summed E-state index contributed by atoms with van der Waals surface area (Å²) < 4.78 is 11.1. The molecule has 6 N–H and O–H groups in total. The average molecular weight is 405 g/mol. The van der Waals surface area contributed by atoms with Crippen molar-refractivity contribution >= 4 is 17.3 Å². The maximum atomic E-state index is 10.0. The standard InChI is InChI=1S/C21H25ClN2O4/c22-18-5-3-13(21-11-16(26)10-17(12-25)28-21)8-14(18)9-15(23)4-6-19(24)20-2-1-7-27-20/h1-8,16-17,21,25-26H,9-12,23-24H2/b15-4-,19-6-. The number of hydrogen-bond acceptors (Lipinski definition) is 6. The van der Waals surface area contributed by atoms with Crippen LogP contribution in [-0.2, 0) is 11.2 Å². The van der Waals surface area contributed by atoms with E-state index >= 15 is 0 Å². The number of furan rings is 1. The Bertz CT molecular complexity index is 848. The zero-order chi connectivity index (χ0) is 20.1. The van der Waals surface area contributed by atoms with Crippen LogP contribution in [0.1, 0.15) is 35.8 Å². The zero-order valence-corrected chi connectivity index (χ0v) is 16.2. The van der Waals surface area contributed by atoms with Gasteiger partial charge < -0.3 is 30.8 Å². The molecule has 0 saturated carbocycles. The van der Waals surface area contributed by atoms with Gasteiger partial charge in [0, 0.05) is 30.0 Å². The molecule has 28 heavy (non-hydrogen) atoms. The summed E-state index contributed by atoms with van der Waals surface area (Å²) in [7, 11) is 0. The van der Waals surface area contributed by atoms with E-state index in [1.165, 1.54) is 0 Å². The zero-order valence-electron chi connectivity index (χ0n) is 15.4. The lowest BCUT2D eigenvalue weighted by molar-refractivity contribution is -0.113. The molecule has 1 aromatic carbocycles. The molecule has 2 aromatic rings. The van der Waals surface area contributed by atoms with Crippen LogP contribution in [0.2, 0.25) is 5.02 Å². The highest BCUT2D eigenvalue weighted by molar-refractivity contribution is 6.31. The molecule has 0 amide bonds. The van der Waals surface area contributed by atoms with Gasteiger partial charge in [-0.2, -0.15) is 0 Å². The minimum atomic E-state index is -0.505. The Hall–Kier alpha value is -2.25. The molecular formula is C21H25ClN2O4. The molecule has 2 heterocycles. The van der Waals surface area contributed by atoms with Gasteiger partial charge in [-0.1, -0.05) is 23.7 Å². The number of allylic oxidation sites excluding steroid dienone is 3. The molecule has 0 aliphatic carbocycles. The van der Waals surface area contributed by atoms with Gasteiger partial charge >= 0.3 is 0 Å². The third-order valence-electron chi connectivity index (χ3n) is 4.70. The summed E-state index contributed by atoms with van der Waals surface area (Å²) in [6.45, 7) is -0.118. The molecule has 1 fully saturated rings. The Morgan fingerprint density at radius 3 is 2.75 bits per heavy atom. The van der Waals surface area contributed by atoms with Crippen LogP contribution >= 0.6 is 11.6 Å². The number of hydrogen-bond donors (Lipinski definition) is 4. The van der Waals surface area contributed by atoms with Crippen molar-refractivity contribution in [2.45, 2.75) is 37.6 Å². The van der Waals surface area contributed by atoms with Crippen molar-refractivity contribution in [1.82, 2.24) is 0 Å². The molecule has 1 aliphatic heterocycles. The number of rotatable bonds is 6. The molecule has 0 radical (unpaired) electrons. The second-order valence-corrected chi connectivity index (χ2v) is 7.33. The Labute approximate surface area is 169 Å². The van der Waals surface area contributed by atoms with E-state index in [1.54, 1.807) is 36.6 Å². The second-order valence-electron chi connectivity index (χ2n) is 6.92. The molecule has 150 valence electrons. The minimum Gasteiger partial charge on any atom is -0.463 e. The first-order valence-electron chi connectivity index (χ1n) is 9.14. The van der Waals surface area contributed by atoms with Gasteiger partial charge in [-0.05, 0) is 41.5 Å². The fourth-order valence-electron chi connectivity index (χ4n) is 3.25. The first kappa shape index (κ1) is 20.5. The van der Waals surface area contributed by atoms with Crippen LogP contribution in [0.25, 0.3) is 5.70 Å². The highest BCUT2D eigenvalue weighted by Crippen LogP contribution is 2.33. The van der Waals surface area contributed by atoms with E-state index in [-0.39, 0.29) is 18.8 Å². The maximum Gasteiger partial charge on any atom is 0.149 e. The number of aliphatic hydroxyl groups is 2. The van der Waals surface area contributed by atoms with Crippen molar-refractivity contribution in [2.75, 3.05) is 6.61 Å². The third-order valence-corrected chi connectivity index (χ3v) is 5.07. The molecule has 3 unspecified atom stereocenters. The minimum absolute atomic E-state index is 0.118. The first-order valence-corrected chi connectivity index (χ1v) is 9.52. The number of nitrogens with two attached hydrogens (primary N) is 2. The summed E-state index contributed by atoms with van der Waals surface area (Å²) in [5.41, 5.74) is 14.9. The quantitative estimate of drug-likeness (QED) is 0.550. The van der Waals surface area contributed by atoms with Gasteiger partial charge in [0.2, 0.25) is 0 Å². The summed E-state index contributed by atoms with van der Waals surface area (Å²) >= 11 is 6.34. The normalized spacial score (nSPS) is 23.8. The number of aliphatic hydroxyl groups excluding tert-OH is 2. The SMILES string of the molecule is N/C(=C\C=C(/N)c1ccco1)Cc1cc(C2CC(O)CC(CO)O2)ccc1Cl. The summed E-state index contributed by atoms with van der Waals surface area (Å²) in [5, 5.41) is 20.0. The van der Waals surface area contributed by atoms with Gasteiger partial charge in [-0.3, -0.25) is 0 Å². The van der Waals surface area contributed by atoms with E-state index in [1.807, 2.05) is 12.1 Å². The van der Waals surface area contributed by atoms with Crippen LogP contribution in [0.4, 0.5) is 0 Å². The van der Waals surface area contributed by atoms with E-state index in [2.05, 4.69) is 0 Å². The summed E-state index contributed by atoms with van der Waals surface area (Å²) in [5.74, 6) is 0.579. The topological polar surface area (TPSA) is 115 Å². The van der Waals surface area contributed by atoms with E-state index in [9.17, 15) is 10.2 Å². The van der Waals surface area contributed by atoms with E-state index in [4.69, 9.17) is 32.2 Å².